The predicted molar refractivity (Wildman–Crippen MR) is 171 cm³/mol. The molecule has 0 unspecified atom stereocenters. The van der Waals surface area contributed by atoms with E-state index in [0.29, 0.717) is 18.0 Å². The summed E-state index contributed by atoms with van der Waals surface area (Å²) in [6, 6.07) is 21.3. The Hall–Kier alpha value is -3.07. The molecule has 1 N–H and O–H groups in total. The summed E-state index contributed by atoms with van der Waals surface area (Å²) in [5.41, 5.74) is 3.15. The van der Waals surface area contributed by atoms with E-state index in [-0.39, 0.29) is 48.5 Å². The highest BCUT2D eigenvalue weighted by Gasteiger charge is 2.30. The van der Waals surface area contributed by atoms with Gasteiger partial charge in [0, 0.05) is 37.5 Å². The molecule has 0 heterocycles. The van der Waals surface area contributed by atoms with Crippen LogP contribution in [0.4, 0.5) is 5.69 Å². The molecule has 10 heteroatoms. The molecule has 0 saturated carbocycles. The predicted octanol–water partition coefficient (Wildman–Crippen LogP) is 6.40. The van der Waals surface area contributed by atoms with Crippen LogP contribution in [0.3, 0.4) is 0 Å². The van der Waals surface area contributed by atoms with Gasteiger partial charge >= 0.3 is 0 Å². The number of unbranched alkanes of at least 4 members (excludes halogenated alkanes) is 1. The molecule has 0 radical (unpaired) electrons. The summed E-state index contributed by atoms with van der Waals surface area (Å²) in [6.07, 6.45) is 3.46. The zero-order valence-electron chi connectivity index (χ0n) is 24.4. The monoisotopic (exact) mass is 631 g/mol. The molecule has 0 aliphatic rings. The van der Waals surface area contributed by atoms with Gasteiger partial charge in [-0.2, -0.15) is 0 Å². The van der Waals surface area contributed by atoms with Crippen LogP contribution in [0.1, 0.15) is 49.3 Å². The molecule has 7 nitrogen and oxygen atoms in total. The second-order valence-corrected chi connectivity index (χ2v) is 13.1. The van der Waals surface area contributed by atoms with Crippen molar-refractivity contribution in [1.29, 1.82) is 0 Å². The summed E-state index contributed by atoms with van der Waals surface area (Å²) < 4.78 is 26.5. The first-order chi connectivity index (χ1) is 20.0. The van der Waals surface area contributed by atoms with Gasteiger partial charge in [0.1, 0.15) is 6.04 Å². The van der Waals surface area contributed by atoms with Crippen LogP contribution < -0.4 is 9.62 Å². The molecule has 0 aromatic heterocycles. The molecule has 226 valence electrons. The highest BCUT2D eigenvalue weighted by molar-refractivity contribution is 7.92. The molecule has 0 fully saturated rings. The van der Waals surface area contributed by atoms with Gasteiger partial charge < -0.3 is 10.2 Å². The van der Waals surface area contributed by atoms with Crippen LogP contribution in [0.25, 0.3) is 0 Å². The van der Waals surface area contributed by atoms with Gasteiger partial charge in [0.25, 0.3) is 0 Å². The van der Waals surface area contributed by atoms with E-state index in [0.717, 1.165) is 40.1 Å². The van der Waals surface area contributed by atoms with E-state index < -0.39 is 16.1 Å². The normalized spacial score (nSPS) is 12.0. The van der Waals surface area contributed by atoms with Crippen LogP contribution in [-0.4, -0.2) is 50.5 Å². The lowest BCUT2D eigenvalue weighted by atomic mass is 10.0. The van der Waals surface area contributed by atoms with Gasteiger partial charge in [-0.05, 0) is 49.1 Å². The van der Waals surface area contributed by atoms with E-state index in [1.54, 1.807) is 11.0 Å². The Balaban J connectivity index is 1.89. The molecule has 3 aromatic rings. The molecule has 0 bridgehead atoms. The lowest BCUT2D eigenvalue weighted by Gasteiger charge is -2.32. The number of amides is 2. The third-order valence-electron chi connectivity index (χ3n) is 6.87. The van der Waals surface area contributed by atoms with Crippen molar-refractivity contribution in [3.63, 3.8) is 0 Å². The number of halogens is 2. The van der Waals surface area contributed by atoms with Crippen LogP contribution in [0.5, 0.6) is 0 Å². The van der Waals surface area contributed by atoms with Gasteiger partial charge in [0.05, 0.1) is 17.0 Å². The van der Waals surface area contributed by atoms with Crippen molar-refractivity contribution in [2.75, 3.05) is 23.7 Å². The topological polar surface area (TPSA) is 86.8 Å². The summed E-state index contributed by atoms with van der Waals surface area (Å²) in [7, 11) is -3.71. The van der Waals surface area contributed by atoms with Crippen LogP contribution in [0.15, 0.2) is 72.8 Å². The minimum atomic E-state index is -3.71. The number of aryl methyl sites for hydroxylation is 1. The Bertz CT molecular complexity index is 1450. The maximum Gasteiger partial charge on any atom is 0.243 e. The van der Waals surface area contributed by atoms with Crippen molar-refractivity contribution >= 4 is 50.7 Å². The minimum absolute atomic E-state index is 0.0228. The van der Waals surface area contributed by atoms with Gasteiger partial charge in [-0.1, -0.05) is 96.7 Å². The molecule has 2 amide bonds. The maximum absolute atomic E-state index is 13.9. The number of rotatable bonds is 15. The summed E-state index contributed by atoms with van der Waals surface area (Å²) in [4.78, 5) is 29.1. The van der Waals surface area contributed by atoms with E-state index >= 15 is 0 Å². The first-order valence-electron chi connectivity index (χ1n) is 14.1. The molecule has 0 aliphatic heterocycles. The number of carbonyl (C=O) groups is 2. The number of anilines is 1. The summed E-state index contributed by atoms with van der Waals surface area (Å²) in [6.45, 7) is 4.83. The first-order valence-corrected chi connectivity index (χ1v) is 16.7. The third-order valence-corrected chi connectivity index (χ3v) is 8.60. The average molecular weight is 633 g/mol. The number of nitrogens with zero attached hydrogens (tertiary/aromatic N) is 2. The van der Waals surface area contributed by atoms with Gasteiger partial charge in [-0.3, -0.25) is 13.9 Å². The molecule has 0 aliphatic carbocycles. The first kappa shape index (κ1) is 33.4. The summed E-state index contributed by atoms with van der Waals surface area (Å²) in [5, 5.41) is 3.60. The van der Waals surface area contributed by atoms with Crippen molar-refractivity contribution in [2.45, 2.75) is 58.5 Å². The van der Waals surface area contributed by atoms with E-state index in [2.05, 4.69) is 12.2 Å². The molecular weight excluding hydrogens is 593 g/mol. The van der Waals surface area contributed by atoms with E-state index in [1.165, 1.54) is 12.1 Å². The van der Waals surface area contributed by atoms with Crippen LogP contribution in [0.2, 0.25) is 10.0 Å². The lowest BCUT2D eigenvalue weighted by molar-refractivity contribution is -0.141. The zero-order chi connectivity index (χ0) is 30.7. The highest BCUT2D eigenvalue weighted by Crippen LogP contribution is 2.31. The van der Waals surface area contributed by atoms with Gasteiger partial charge in [0.15, 0.2) is 0 Å². The van der Waals surface area contributed by atoms with Gasteiger partial charge in [-0.25, -0.2) is 8.42 Å². The smallest absolute Gasteiger partial charge is 0.243 e. The molecule has 42 heavy (non-hydrogen) atoms. The quantitative estimate of drug-likeness (QED) is 0.197. The van der Waals surface area contributed by atoms with E-state index in [4.69, 9.17) is 23.2 Å². The minimum Gasteiger partial charge on any atom is -0.354 e. The Morgan fingerprint density at radius 1 is 0.929 bits per heavy atom. The fraction of sp³-hybridized carbons (Fsp3) is 0.375. The number of nitrogens with one attached hydrogen (secondary N) is 1. The summed E-state index contributed by atoms with van der Waals surface area (Å²) in [5.74, 6) is -0.453. The molecule has 3 aromatic carbocycles. The largest absolute Gasteiger partial charge is 0.354 e. The molecule has 3 rings (SSSR count). The Morgan fingerprint density at radius 2 is 1.64 bits per heavy atom. The Labute approximate surface area is 259 Å². The number of sulfonamides is 1. The van der Waals surface area contributed by atoms with Crippen LogP contribution >= 0.6 is 23.2 Å². The van der Waals surface area contributed by atoms with E-state index in [1.807, 2.05) is 61.5 Å². The number of hydrogen-bond acceptors (Lipinski definition) is 4. The Morgan fingerprint density at radius 3 is 2.31 bits per heavy atom. The fourth-order valence-electron chi connectivity index (χ4n) is 4.73. The lowest BCUT2D eigenvalue weighted by Crippen LogP contribution is -2.50. The second kappa shape index (κ2) is 16.0. The van der Waals surface area contributed by atoms with Crippen molar-refractivity contribution in [1.82, 2.24) is 10.2 Å². The Kier molecular flexibility index (Phi) is 12.7. The van der Waals surface area contributed by atoms with Crippen molar-refractivity contribution in [2.24, 2.45) is 0 Å². The maximum atomic E-state index is 13.9. The zero-order valence-corrected chi connectivity index (χ0v) is 26.7. The van der Waals surface area contributed by atoms with Crippen molar-refractivity contribution in [3.05, 3.63) is 99.5 Å². The molecule has 1 atom stereocenters. The standard InChI is InChI=1S/C32H39Cl2N3O4S/c1-4-5-18-35-32(39)30(21-25-12-7-6-8-13-25)36(23-26-14-9-11-24(2)20-26)31(38)15-10-19-37(42(3,40)41)29-22-27(33)16-17-28(29)34/h6-9,11-14,16-17,20,22,30H,4-5,10,15,18-19,21,23H2,1-3H3,(H,35,39)/t30-/m1/s1. The molecule has 0 saturated heterocycles. The number of carbonyl (C=O) groups excluding carboxylic acids is 2. The van der Waals surface area contributed by atoms with Gasteiger partial charge in [0.2, 0.25) is 21.8 Å². The van der Waals surface area contributed by atoms with E-state index in [9.17, 15) is 18.0 Å². The van der Waals surface area contributed by atoms with Crippen molar-refractivity contribution in [3.8, 4) is 0 Å². The SMILES string of the molecule is CCCCNC(=O)[C@@H](Cc1ccccc1)N(Cc1cccc(C)c1)C(=O)CCCN(c1cc(Cl)ccc1Cl)S(C)(=O)=O. The van der Waals surface area contributed by atoms with Crippen LogP contribution in [-0.2, 0) is 32.6 Å². The second-order valence-electron chi connectivity index (χ2n) is 10.4. The highest BCUT2D eigenvalue weighted by atomic mass is 35.5. The fourth-order valence-corrected chi connectivity index (χ4v) is 6.13. The average Bonchev–Trinajstić information content (AvgIpc) is 2.94. The molecular formula is C32H39Cl2N3O4S. The summed E-state index contributed by atoms with van der Waals surface area (Å²) >= 11 is 12.4. The molecule has 0 spiro atoms. The van der Waals surface area contributed by atoms with Crippen LogP contribution in [0, 0.1) is 6.92 Å². The number of hydrogen-bond donors (Lipinski definition) is 1. The van der Waals surface area contributed by atoms with Crippen molar-refractivity contribution < 1.29 is 18.0 Å². The third kappa shape index (κ3) is 10.0. The van der Waals surface area contributed by atoms with Gasteiger partial charge in [-0.15, -0.1) is 0 Å². The number of benzene rings is 3.